The first-order valence-electron chi connectivity index (χ1n) is 4.92. The van der Waals surface area contributed by atoms with Crippen molar-refractivity contribution in [2.24, 2.45) is 5.73 Å². The molecule has 0 radical (unpaired) electrons. The Hall–Kier alpha value is -1.52. The van der Waals surface area contributed by atoms with E-state index in [2.05, 4.69) is 0 Å². The van der Waals surface area contributed by atoms with Crippen LogP contribution in [0.15, 0.2) is 11.8 Å². The molecular formula is C10H17NO4. The first-order chi connectivity index (χ1) is 7.11. The van der Waals surface area contributed by atoms with Crippen molar-refractivity contribution in [3.8, 4) is 0 Å². The molecule has 0 aliphatic rings. The number of carbonyl (C=O) groups excluding carboxylic acids is 2. The lowest BCUT2D eigenvalue weighted by molar-refractivity contribution is -0.141. The summed E-state index contributed by atoms with van der Waals surface area (Å²) in [5.41, 5.74) is 5.08. The van der Waals surface area contributed by atoms with Gasteiger partial charge in [0.05, 0.1) is 19.3 Å². The minimum absolute atomic E-state index is 0.232. The molecule has 86 valence electrons. The first-order valence-corrected chi connectivity index (χ1v) is 4.92. The molecule has 0 amide bonds. The van der Waals surface area contributed by atoms with E-state index in [1.807, 2.05) is 13.8 Å². The second-order valence-electron chi connectivity index (χ2n) is 2.90. The van der Waals surface area contributed by atoms with Gasteiger partial charge in [-0.2, -0.15) is 0 Å². The Bertz CT molecular complexity index is 248. The Labute approximate surface area is 89.2 Å². The van der Waals surface area contributed by atoms with Gasteiger partial charge in [-0.15, -0.1) is 0 Å². The lowest BCUT2D eigenvalue weighted by atomic mass is 10.4. The molecule has 0 rings (SSSR count). The highest BCUT2D eigenvalue weighted by Gasteiger charge is 2.08. The van der Waals surface area contributed by atoms with Crippen molar-refractivity contribution in [2.75, 3.05) is 13.2 Å². The smallest absolute Gasteiger partial charge is 0.354 e. The monoisotopic (exact) mass is 215 g/mol. The second kappa shape index (κ2) is 7.84. The van der Waals surface area contributed by atoms with Crippen LogP contribution in [0.1, 0.15) is 26.7 Å². The fraction of sp³-hybridized carbons (Fsp3) is 0.600. The molecule has 0 heterocycles. The number of hydrogen-bond acceptors (Lipinski definition) is 5. The molecule has 0 bridgehead atoms. The fourth-order valence-corrected chi connectivity index (χ4v) is 0.708. The van der Waals surface area contributed by atoms with Crippen molar-refractivity contribution in [1.29, 1.82) is 0 Å². The van der Waals surface area contributed by atoms with Gasteiger partial charge in [0.1, 0.15) is 5.70 Å². The van der Waals surface area contributed by atoms with Crippen LogP contribution in [0.5, 0.6) is 0 Å². The summed E-state index contributed by atoms with van der Waals surface area (Å²) in [6.07, 6.45) is 2.37. The van der Waals surface area contributed by atoms with Crippen molar-refractivity contribution in [1.82, 2.24) is 0 Å². The van der Waals surface area contributed by atoms with Gasteiger partial charge in [-0.3, -0.25) is 0 Å². The number of ether oxygens (including phenoxy) is 2. The van der Waals surface area contributed by atoms with Crippen LogP contribution in [0.4, 0.5) is 0 Å². The molecule has 0 aromatic heterocycles. The van der Waals surface area contributed by atoms with E-state index in [1.165, 1.54) is 0 Å². The van der Waals surface area contributed by atoms with Gasteiger partial charge in [-0.1, -0.05) is 13.8 Å². The van der Waals surface area contributed by atoms with Crippen molar-refractivity contribution in [3.63, 3.8) is 0 Å². The molecule has 15 heavy (non-hydrogen) atoms. The predicted molar refractivity (Wildman–Crippen MR) is 54.8 cm³/mol. The molecule has 0 aromatic rings. The molecule has 0 aromatic carbocycles. The molecule has 2 N–H and O–H groups in total. The molecular weight excluding hydrogens is 198 g/mol. The van der Waals surface area contributed by atoms with Crippen molar-refractivity contribution >= 4 is 11.9 Å². The highest BCUT2D eigenvalue weighted by atomic mass is 16.5. The van der Waals surface area contributed by atoms with Crippen LogP contribution >= 0.6 is 0 Å². The number of esters is 2. The molecule has 0 fully saturated rings. The normalized spacial score (nSPS) is 10.9. The van der Waals surface area contributed by atoms with Crippen LogP contribution in [-0.2, 0) is 19.1 Å². The maximum atomic E-state index is 11.1. The summed E-state index contributed by atoms with van der Waals surface area (Å²) in [4.78, 5) is 22.1. The maximum Gasteiger partial charge on any atom is 0.354 e. The molecule has 0 aliphatic heterocycles. The summed E-state index contributed by atoms with van der Waals surface area (Å²) in [5.74, 6) is -1.31. The summed E-state index contributed by atoms with van der Waals surface area (Å²) < 4.78 is 9.43. The average Bonchev–Trinajstić information content (AvgIpc) is 2.22. The largest absolute Gasteiger partial charge is 0.462 e. The van der Waals surface area contributed by atoms with Crippen LogP contribution in [0, 0.1) is 0 Å². The zero-order chi connectivity index (χ0) is 11.7. The van der Waals surface area contributed by atoms with E-state index in [4.69, 9.17) is 15.2 Å². The van der Waals surface area contributed by atoms with E-state index in [9.17, 15) is 9.59 Å². The van der Waals surface area contributed by atoms with Gasteiger partial charge in [0.2, 0.25) is 0 Å². The van der Waals surface area contributed by atoms with Crippen LogP contribution in [0.25, 0.3) is 0 Å². The van der Waals surface area contributed by atoms with Crippen molar-refractivity contribution in [2.45, 2.75) is 26.7 Å². The third-order valence-corrected chi connectivity index (χ3v) is 1.39. The summed E-state index contributed by atoms with van der Waals surface area (Å²) in [6.45, 7) is 4.34. The molecule has 0 saturated heterocycles. The van der Waals surface area contributed by atoms with E-state index < -0.39 is 11.9 Å². The molecule has 0 unspecified atom stereocenters. The number of carbonyl (C=O) groups is 2. The summed E-state index contributed by atoms with van der Waals surface area (Å²) in [7, 11) is 0. The van der Waals surface area contributed by atoms with Gasteiger partial charge < -0.3 is 15.2 Å². The van der Waals surface area contributed by atoms with Crippen molar-refractivity contribution in [3.05, 3.63) is 11.8 Å². The fourth-order valence-electron chi connectivity index (χ4n) is 0.708. The second-order valence-corrected chi connectivity index (χ2v) is 2.90. The van der Waals surface area contributed by atoms with Gasteiger partial charge >= 0.3 is 11.9 Å². The Morgan fingerprint density at radius 3 is 2.20 bits per heavy atom. The van der Waals surface area contributed by atoms with E-state index in [1.54, 1.807) is 0 Å². The molecule has 0 atom stereocenters. The van der Waals surface area contributed by atoms with Crippen LogP contribution in [-0.4, -0.2) is 25.2 Å². The number of nitrogens with two attached hydrogens (primary N) is 1. The minimum Gasteiger partial charge on any atom is -0.462 e. The van der Waals surface area contributed by atoms with Crippen LogP contribution in [0.3, 0.4) is 0 Å². The lowest BCUT2D eigenvalue weighted by Crippen LogP contribution is -2.17. The summed E-state index contributed by atoms with van der Waals surface area (Å²) in [6, 6.07) is 0. The van der Waals surface area contributed by atoms with Crippen molar-refractivity contribution < 1.29 is 19.1 Å². The SMILES string of the molecule is CCCOC(=O)/C=C(/N)C(=O)OCCC. The highest BCUT2D eigenvalue weighted by Crippen LogP contribution is 1.93. The van der Waals surface area contributed by atoms with Crippen LogP contribution < -0.4 is 5.73 Å². The predicted octanol–water partition coefficient (Wildman–Crippen LogP) is 0.735. The van der Waals surface area contributed by atoms with E-state index >= 15 is 0 Å². The van der Waals surface area contributed by atoms with Gasteiger partial charge in [0.25, 0.3) is 0 Å². The summed E-state index contributed by atoms with van der Waals surface area (Å²) >= 11 is 0. The van der Waals surface area contributed by atoms with Gasteiger partial charge in [-0.05, 0) is 12.8 Å². The summed E-state index contributed by atoms with van der Waals surface area (Å²) in [5, 5.41) is 0. The van der Waals surface area contributed by atoms with E-state index in [0.29, 0.717) is 13.0 Å². The molecule has 0 spiro atoms. The standard InChI is InChI=1S/C10H17NO4/c1-3-5-14-9(12)7-8(11)10(13)15-6-4-2/h7H,3-6,11H2,1-2H3/b8-7+. The molecule has 0 aliphatic carbocycles. The number of rotatable bonds is 6. The van der Waals surface area contributed by atoms with E-state index in [0.717, 1.165) is 12.5 Å². The Kier molecular flexibility index (Phi) is 7.05. The molecule has 5 heteroatoms. The third-order valence-electron chi connectivity index (χ3n) is 1.39. The van der Waals surface area contributed by atoms with Gasteiger partial charge in [-0.25, -0.2) is 9.59 Å². The zero-order valence-corrected chi connectivity index (χ0v) is 9.12. The quantitative estimate of drug-likeness (QED) is 0.522. The number of hydrogen-bond donors (Lipinski definition) is 1. The Balaban J connectivity index is 4.05. The zero-order valence-electron chi connectivity index (χ0n) is 9.12. The average molecular weight is 215 g/mol. The third kappa shape index (κ3) is 6.54. The van der Waals surface area contributed by atoms with Crippen LogP contribution in [0.2, 0.25) is 0 Å². The highest BCUT2D eigenvalue weighted by molar-refractivity contribution is 5.95. The first kappa shape index (κ1) is 13.5. The Morgan fingerprint density at radius 1 is 1.13 bits per heavy atom. The van der Waals surface area contributed by atoms with Gasteiger partial charge in [0, 0.05) is 0 Å². The molecule has 0 saturated carbocycles. The molecule has 5 nitrogen and oxygen atoms in total. The minimum atomic E-state index is -0.690. The van der Waals surface area contributed by atoms with E-state index in [-0.39, 0.29) is 12.3 Å². The Morgan fingerprint density at radius 2 is 1.67 bits per heavy atom. The topological polar surface area (TPSA) is 78.6 Å². The van der Waals surface area contributed by atoms with Gasteiger partial charge in [0.15, 0.2) is 0 Å². The lowest BCUT2D eigenvalue weighted by Gasteiger charge is -2.03. The maximum absolute atomic E-state index is 11.1.